The molecule has 39 heavy (non-hydrogen) atoms. The second-order valence-electron chi connectivity index (χ2n) is 9.72. The molecule has 0 saturated carbocycles. The van der Waals surface area contributed by atoms with Crippen LogP contribution < -0.4 is 15.4 Å². The normalized spacial score (nSPS) is 18.3. The van der Waals surface area contributed by atoms with Crippen molar-refractivity contribution < 1.29 is 28.5 Å². The van der Waals surface area contributed by atoms with E-state index >= 15 is 4.39 Å². The summed E-state index contributed by atoms with van der Waals surface area (Å²) in [6.07, 6.45) is 3.09. The molecule has 0 bridgehead atoms. The summed E-state index contributed by atoms with van der Waals surface area (Å²) in [6, 6.07) is 5.61. The molecule has 2 aromatic carbocycles. The summed E-state index contributed by atoms with van der Waals surface area (Å²) < 4.78 is 42.2. The van der Waals surface area contributed by atoms with Gasteiger partial charge in [0, 0.05) is 12.1 Å². The Balaban J connectivity index is 1.87. The van der Waals surface area contributed by atoms with Crippen molar-refractivity contribution in [3.05, 3.63) is 53.4 Å². The number of fused-ring (bicyclic) bond motifs is 2. The standard InChI is InChI=1S/C28H29F2N5O4/c1-4-17-19(29)6-5-15-11-16(36)12-18(21(15)17)24-23(30)25-22(20(32-24)7-8-31)26(34-27(33-25)38-3)35-9-10-39-14-28(2,37)13-35/h5-8,11-12,36-37H,4,9-10,13-14,31H2,1-3H3/b8-7-. The van der Waals surface area contributed by atoms with E-state index in [-0.39, 0.29) is 58.6 Å². The number of ether oxygens (including phenoxy) is 2. The van der Waals surface area contributed by atoms with Gasteiger partial charge in [-0.2, -0.15) is 9.97 Å². The van der Waals surface area contributed by atoms with Gasteiger partial charge >= 0.3 is 6.01 Å². The maximum Gasteiger partial charge on any atom is 0.318 e. The molecule has 1 fully saturated rings. The number of methoxy groups -OCH3 is 1. The van der Waals surface area contributed by atoms with Gasteiger partial charge < -0.3 is 30.3 Å². The van der Waals surface area contributed by atoms with Crippen LogP contribution in [0.3, 0.4) is 0 Å². The molecular weight excluding hydrogens is 508 g/mol. The summed E-state index contributed by atoms with van der Waals surface area (Å²) in [5.41, 5.74) is 5.14. The van der Waals surface area contributed by atoms with Gasteiger partial charge in [-0.05, 0) is 60.2 Å². The highest BCUT2D eigenvalue weighted by atomic mass is 19.1. The van der Waals surface area contributed by atoms with Crippen LogP contribution in [0.1, 0.15) is 25.1 Å². The van der Waals surface area contributed by atoms with E-state index in [1.165, 1.54) is 43.7 Å². The number of anilines is 1. The molecule has 3 heterocycles. The molecule has 0 amide bonds. The van der Waals surface area contributed by atoms with Gasteiger partial charge in [0.25, 0.3) is 0 Å². The topological polar surface area (TPSA) is 127 Å². The largest absolute Gasteiger partial charge is 0.508 e. The van der Waals surface area contributed by atoms with Gasteiger partial charge in [0.15, 0.2) is 5.82 Å². The summed E-state index contributed by atoms with van der Waals surface area (Å²) >= 11 is 0. The van der Waals surface area contributed by atoms with Crippen LogP contribution in [-0.4, -0.2) is 64.2 Å². The summed E-state index contributed by atoms with van der Waals surface area (Å²) in [4.78, 5) is 15.2. The molecule has 2 aromatic heterocycles. The first-order chi connectivity index (χ1) is 18.7. The lowest BCUT2D eigenvalue weighted by Crippen LogP contribution is -2.42. The highest BCUT2D eigenvalue weighted by molar-refractivity contribution is 6.03. The fraction of sp³-hybridized carbons (Fsp3) is 0.321. The molecule has 1 aliphatic rings. The minimum Gasteiger partial charge on any atom is -0.508 e. The molecule has 9 nitrogen and oxygen atoms in total. The van der Waals surface area contributed by atoms with E-state index in [0.29, 0.717) is 35.9 Å². The van der Waals surface area contributed by atoms with Crippen LogP contribution >= 0.6 is 0 Å². The zero-order valence-electron chi connectivity index (χ0n) is 21.8. The molecule has 5 rings (SSSR count). The van der Waals surface area contributed by atoms with Crippen molar-refractivity contribution >= 4 is 33.6 Å². The number of phenolic OH excluding ortho intramolecular Hbond substituents is 1. The zero-order chi connectivity index (χ0) is 27.9. The Kier molecular flexibility index (Phi) is 6.96. The number of nitrogens with zero attached hydrogens (tertiary/aromatic N) is 4. The molecule has 0 aliphatic carbocycles. The number of hydrogen-bond donors (Lipinski definition) is 3. The molecule has 1 unspecified atom stereocenters. The van der Waals surface area contributed by atoms with Crippen LogP contribution in [-0.2, 0) is 11.2 Å². The number of aryl methyl sites for hydroxylation is 1. The van der Waals surface area contributed by atoms with E-state index in [1.807, 2.05) is 0 Å². The Hall–Kier alpha value is -4.09. The molecule has 1 aliphatic heterocycles. The van der Waals surface area contributed by atoms with E-state index in [9.17, 15) is 14.6 Å². The van der Waals surface area contributed by atoms with Gasteiger partial charge in [-0.15, -0.1) is 0 Å². The number of aromatic nitrogens is 3. The number of aromatic hydroxyl groups is 1. The number of benzene rings is 2. The zero-order valence-corrected chi connectivity index (χ0v) is 21.8. The summed E-state index contributed by atoms with van der Waals surface area (Å²) in [5, 5.41) is 22.5. The quantitative estimate of drug-likeness (QED) is 0.347. The van der Waals surface area contributed by atoms with Crippen LogP contribution in [0.2, 0.25) is 0 Å². The minimum absolute atomic E-state index is 0.0953. The predicted molar refractivity (Wildman–Crippen MR) is 145 cm³/mol. The first-order valence-corrected chi connectivity index (χ1v) is 12.5. The number of β-amino-alcohol motifs (C(OH)–C–C–N with tert-alkyl or cyclic N) is 1. The highest BCUT2D eigenvalue weighted by Gasteiger charge is 2.31. The first-order valence-electron chi connectivity index (χ1n) is 12.5. The molecule has 1 atom stereocenters. The predicted octanol–water partition coefficient (Wildman–Crippen LogP) is 3.92. The Bertz CT molecular complexity index is 1610. The third-order valence-electron chi connectivity index (χ3n) is 6.72. The molecule has 0 spiro atoms. The van der Waals surface area contributed by atoms with Crippen molar-refractivity contribution in [3.63, 3.8) is 0 Å². The Morgan fingerprint density at radius 1 is 1.21 bits per heavy atom. The second kappa shape index (κ2) is 10.2. The van der Waals surface area contributed by atoms with Crippen molar-refractivity contribution in [2.45, 2.75) is 25.9 Å². The van der Waals surface area contributed by atoms with Crippen LogP contribution in [0.15, 0.2) is 30.5 Å². The van der Waals surface area contributed by atoms with Crippen molar-refractivity contribution in [1.82, 2.24) is 15.0 Å². The number of pyridine rings is 1. The van der Waals surface area contributed by atoms with Gasteiger partial charge in [-0.25, -0.2) is 13.8 Å². The number of nitrogens with two attached hydrogens (primary N) is 1. The SMILES string of the molecule is CCc1c(F)ccc2cc(O)cc(-c3nc(/C=C\N)c4c(N5CCOCC(C)(O)C5)nc(OC)nc4c3F)c12. The minimum atomic E-state index is -1.20. The van der Waals surface area contributed by atoms with Gasteiger partial charge in [-0.1, -0.05) is 13.0 Å². The molecule has 0 radical (unpaired) electrons. The lowest BCUT2D eigenvalue weighted by atomic mass is 9.94. The Morgan fingerprint density at radius 2 is 2.00 bits per heavy atom. The second-order valence-corrected chi connectivity index (χ2v) is 9.72. The third-order valence-corrected chi connectivity index (χ3v) is 6.72. The third kappa shape index (κ3) is 4.79. The van der Waals surface area contributed by atoms with Gasteiger partial charge in [0.05, 0.1) is 37.9 Å². The Morgan fingerprint density at radius 3 is 2.72 bits per heavy atom. The van der Waals surface area contributed by atoms with Gasteiger partial charge in [-0.3, -0.25) is 0 Å². The molecule has 4 N–H and O–H groups in total. The van der Waals surface area contributed by atoms with E-state index < -0.39 is 17.2 Å². The average molecular weight is 538 g/mol. The van der Waals surface area contributed by atoms with E-state index in [1.54, 1.807) is 18.7 Å². The maximum absolute atomic E-state index is 16.5. The van der Waals surface area contributed by atoms with Crippen LogP contribution in [0.4, 0.5) is 14.6 Å². The Labute approximate surface area is 223 Å². The average Bonchev–Trinajstić information content (AvgIpc) is 3.09. The van der Waals surface area contributed by atoms with Crippen molar-refractivity contribution in [2.24, 2.45) is 5.73 Å². The molecule has 1 saturated heterocycles. The van der Waals surface area contributed by atoms with Crippen LogP contribution in [0.5, 0.6) is 11.8 Å². The van der Waals surface area contributed by atoms with Crippen molar-refractivity contribution in [3.8, 4) is 23.0 Å². The fourth-order valence-corrected chi connectivity index (χ4v) is 5.09. The van der Waals surface area contributed by atoms with Crippen molar-refractivity contribution in [1.29, 1.82) is 0 Å². The highest BCUT2D eigenvalue weighted by Crippen LogP contribution is 2.40. The molecule has 4 aromatic rings. The number of rotatable bonds is 5. The van der Waals surface area contributed by atoms with E-state index in [4.69, 9.17) is 15.2 Å². The van der Waals surface area contributed by atoms with Gasteiger partial charge in [0.1, 0.15) is 34.2 Å². The first kappa shape index (κ1) is 26.5. The number of hydrogen-bond acceptors (Lipinski definition) is 9. The number of halogens is 2. The van der Waals surface area contributed by atoms with Crippen LogP contribution in [0, 0.1) is 11.6 Å². The fourth-order valence-electron chi connectivity index (χ4n) is 5.09. The van der Waals surface area contributed by atoms with Gasteiger partial charge in [0.2, 0.25) is 0 Å². The van der Waals surface area contributed by atoms with E-state index in [0.717, 1.165) is 0 Å². The molecule has 11 heteroatoms. The summed E-state index contributed by atoms with van der Waals surface area (Å²) in [6.45, 7) is 4.37. The lowest BCUT2D eigenvalue weighted by Gasteiger charge is -2.29. The number of aliphatic hydroxyl groups is 1. The monoisotopic (exact) mass is 537 g/mol. The molecule has 204 valence electrons. The van der Waals surface area contributed by atoms with Crippen molar-refractivity contribution in [2.75, 3.05) is 38.3 Å². The lowest BCUT2D eigenvalue weighted by molar-refractivity contribution is -0.0123. The molecular formula is C28H29F2N5O4. The number of phenols is 1. The maximum atomic E-state index is 16.5. The smallest absolute Gasteiger partial charge is 0.318 e. The summed E-state index contributed by atoms with van der Waals surface area (Å²) in [7, 11) is 1.37. The van der Waals surface area contributed by atoms with Crippen LogP contribution in [0.25, 0.3) is 39.0 Å². The summed E-state index contributed by atoms with van der Waals surface area (Å²) in [5.74, 6) is -1.09. The van der Waals surface area contributed by atoms with E-state index in [2.05, 4.69) is 15.0 Å².